The molecular formula is C16H15NO2. The summed E-state index contributed by atoms with van der Waals surface area (Å²) in [4.78, 5) is 15.4. The molecule has 3 nitrogen and oxygen atoms in total. The molecular weight excluding hydrogens is 238 g/mol. The molecule has 19 heavy (non-hydrogen) atoms. The molecule has 96 valence electrons. The van der Waals surface area contributed by atoms with Crippen LogP contribution >= 0.6 is 0 Å². The van der Waals surface area contributed by atoms with Gasteiger partial charge in [-0.1, -0.05) is 36.4 Å². The van der Waals surface area contributed by atoms with E-state index in [2.05, 4.69) is 23.2 Å². The van der Waals surface area contributed by atoms with Crippen molar-refractivity contribution in [1.29, 1.82) is 0 Å². The molecule has 0 aliphatic heterocycles. The van der Waals surface area contributed by atoms with E-state index in [9.17, 15) is 4.79 Å². The Morgan fingerprint density at radius 2 is 2.00 bits per heavy atom. The number of rotatable bonds is 3. The third-order valence-corrected chi connectivity index (χ3v) is 3.62. The van der Waals surface area contributed by atoms with Gasteiger partial charge in [0, 0.05) is 18.3 Å². The largest absolute Gasteiger partial charge is 0.481 e. The van der Waals surface area contributed by atoms with E-state index in [-0.39, 0.29) is 5.92 Å². The zero-order chi connectivity index (χ0) is 13.2. The number of carbonyl (C=O) groups is 1. The molecule has 0 bridgehead atoms. The molecule has 0 fully saturated rings. The first-order valence-electron chi connectivity index (χ1n) is 6.46. The highest BCUT2D eigenvalue weighted by molar-refractivity contribution is 5.72. The third-order valence-electron chi connectivity index (χ3n) is 3.62. The standard InChI is InChI=1S/C16H15NO2/c18-16(19)14-8-13-7-12(10-17-15(13)9-14)6-11-4-2-1-3-5-11/h1-5,7,10,14H,6,8-9H2,(H,18,19). The van der Waals surface area contributed by atoms with Gasteiger partial charge in [0.25, 0.3) is 0 Å². The maximum Gasteiger partial charge on any atom is 0.307 e. The quantitative estimate of drug-likeness (QED) is 0.914. The summed E-state index contributed by atoms with van der Waals surface area (Å²) in [6.07, 6.45) is 3.89. The van der Waals surface area contributed by atoms with E-state index in [0.29, 0.717) is 12.8 Å². The zero-order valence-corrected chi connectivity index (χ0v) is 10.5. The monoisotopic (exact) mass is 253 g/mol. The summed E-state index contributed by atoms with van der Waals surface area (Å²) in [5.41, 5.74) is 4.44. The number of nitrogens with zero attached hydrogens (tertiary/aromatic N) is 1. The average molecular weight is 253 g/mol. The van der Waals surface area contributed by atoms with Crippen LogP contribution in [-0.4, -0.2) is 16.1 Å². The molecule has 1 aromatic heterocycles. The van der Waals surface area contributed by atoms with Crippen LogP contribution in [0.2, 0.25) is 0 Å². The van der Waals surface area contributed by atoms with Crippen LogP contribution in [0.15, 0.2) is 42.6 Å². The lowest BCUT2D eigenvalue weighted by Gasteiger charge is -2.04. The van der Waals surface area contributed by atoms with Crippen LogP contribution in [0.3, 0.4) is 0 Å². The van der Waals surface area contributed by atoms with Gasteiger partial charge in [0.2, 0.25) is 0 Å². The second kappa shape index (κ2) is 4.84. The van der Waals surface area contributed by atoms with Crippen molar-refractivity contribution in [2.75, 3.05) is 0 Å². The number of pyridine rings is 1. The number of hydrogen-bond donors (Lipinski definition) is 1. The van der Waals surface area contributed by atoms with E-state index in [1.54, 1.807) is 0 Å². The number of hydrogen-bond acceptors (Lipinski definition) is 2. The normalized spacial score (nSPS) is 17.2. The van der Waals surface area contributed by atoms with Gasteiger partial charge in [-0.05, 0) is 29.5 Å². The van der Waals surface area contributed by atoms with Gasteiger partial charge in [-0.15, -0.1) is 0 Å². The maximum atomic E-state index is 11.0. The van der Waals surface area contributed by atoms with Crippen molar-refractivity contribution in [3.63, 3.8) is 0 Å². The Morgan fingerprint density at radius 1 is 1.21 bits per heavy atom. The molecule has 0 spiro atoms. The molecule has 0 radical (unpaired) electrons. The second-order valence-electron chi connectivity index (χ2n) is 5.06. The van der Waals surface area contributed by atoms with E-state index >= 15 is 0 Å². The van der Waals surface area contributed by atoms with Crippen LogP contribution < -0.4 is 0 Å². The number of aliphatic carboxylic acids is 1. The molecule has 0 amide bonds. The highest BCUT2D eigenvalue weighted by Gasteiger charge is 2.28. The van der Waals surface area contributed by atoms with Gasteiger partial charge in [-0.25, -0.2) is 0 Å². The SMILES string of the molecule is O=C(O)C1Cc2cc(Cc3ccccc3)cnc2C1. The van der Waals surface area contributed by atoms with Crippen molar-refractivity contribution in [1.82, 2.24) is 4.98 Å². The predicted octanol–water partition coefficient (Wildman–Crippen LogP) is 2.47. The summed E-state index contributed by atoms with van der Waals surface area (Å²) in [7, 11) is 0. The Hall–Kier alpha value is -2.16. The van der Waals surface area contributed by atoms with Crippen LogP contribution in [0.25, 0.3) is 0 Å². The van der Waals surface area contributed by atoms with Crippen molar-refractivity contribution in [2.45, 2.75) is 19.3 Å². The van der Waals surface area contributed by atoms with Gasteiger partial charge in [0.1, 0.15) is 0 Å². The molecule has 1 heterocycles. The molecule has 1 N–H and O–H groups in total. The maximum absolute atomic E-state index is 11.0. The van der Waals surface area contributed by atoms with E-state index in [4.69, 9.17) is 5.11 Å². The molecule has 2 aromatic rings. The van der Waals surface area contributed by atoms with Crippen molar-refractivity contribution in [3.8, 4) is 0 Å². The first-order valence-corrected chi connectivity index (χ1v) is 6.46. The van der Waals surface area contributed by atoms with Gasteiger partial charge in [-0.2, -0.15) is 0 Å². The third kappa shape index (κ3) is 2.50. The van der Waals surface area contributed by atoms with Crippen molar-refractivity contribution >= 4 is 5.97 Å². The molecule has 1 aliphatic carbocycles. The molecule has 0 saturated carbocycles. The minimum Gasteiger partial charge on any atom is -0.481 e. The second-order valence-corrected chi connectivity index (χ2v) is 5.06. The lowest BCUT2D eigenvalue weighted by Crippen LogP contribution is -2.13. The topological polar surface area (TPSA) is 50.2 Å². The van der Waals surface area contributed by atoms with E-state index in [1.165, 1.54) is 5.56 Å². The molecule has 1 atom stereocenters. The fourth-order valence-corrected chi connectivity index (χ4v) is 2.62. The summed E-state index contributed by atoms with van der Waals surface area (Å²) in [6, 6.07) is 12.3. The molecule has 3 rings (SSSR count). The number of benzene rings is 1. The Balaban J connectivity index is 1.80. The number of carboxylic acid groups (broad SMARTS) is 1. The minimum absolute atomic E-state index is 0.297. The van der Waals surface area contributed by atoms with Gasteiger partial charge >= 0.3 is 5.97 Å². The number of aromatic nitrogens is 1. The predicted molar refractivity (Wildman–Crippen MR) is 72.0 cm³/mol. The Morgan fingerprint density at radius 3 is 2.74 bits per heavy atom. The van der Waals surface area contributed by atoms with Crippen LogP contribution in [-0.2, 0) is 24.1 Å². The minimum atomic E-state index is -0.720. The summed E-state index contributed by atoms with van der Waals surface area (Å²) < 4.78 is 0. The Kier molecular flexibility index (Phi) is 3.03. The van der Waals surface area contributed by atoms with Gasteiger partial charge < -0.3 is 5.11 Å². The van der Waals surface area contributed by atoms with Crippen molar-refractivity contribution < 1.29 is 9.90 Å². The Bertz CT molecular complexity index is 607. The smallest absolute Gasteiger partial charge is 0.307 e. The zero-order valence-electron chi connectivity index (χ0n) is 10.5. The van der Waals surface area contributed by atoms with E-state index in [0.717, 1.165) is 23.2 Å². The Labute approximate surface area is 111 Å². The van der Waals surface area contributed by atoms with Crippen molar-refractivity contribution in [3.05, 3.63) is 65.0 Å². The van der Waals surface area contributed by atoms with Crippen LogP contribution in [0, 0.1) is 5.92 Å². The highest BCUT2D eigenvalue weighted by Crippen LogP contribution is 2.26. The van der Waals surface area contributed by atoms with Crippen molar-refractivity contribution in [2.24, 2.45) is 5.92 Å². The summed E-state index contributed by atoms with van der Waals surface area (Å²) >= 11 is 0. The van der Waals surface area contributed by atoms with E-state index in [1.807, 2.05) is 24.4 Å². The molecule has 1 aromatic carbocycles. The number of carboxylic acids is 1. The van der Waals surface area contributed by atoms with Gasteiger partial charge in [0.05, 0.1) is 5.92 Å². The first kappa shape index (κ1) is 11.9. The average Bonchev–Trinajstić information content (AvgIpc) is 2.83. The van der Waals surface area contributed by atoms with Gasteiger partial charge in [-0.3, -0.25) is 9.78 Å². The van der Waals surface area contributed by atoms with Crippen LogP contribution in [0.1, 0.15) is 22.4 Å². The highest BCUT2D eigenvalue weighted by atomic mass is 16.4. The summed E-state index contributed by atoms with van der Waals surface area (Å²) in [6.45, 7) is 0. The fourth-order valence-electron chi connectivity index (χ4n) is 2.62. The number of fused-ring (bicyclic) bond motifs is 1. The molecule has 1 unspecified atom stereocenters. The summed E-state index contributed by atoms with van der Waals surface area (Å²) in [5, 5.41) is 9.06. The molecule has 3 heteroatoms. The molecule has 1 aliphatic rings. The van der Waals surface area contributed by atoms with Crippen LogP contribution in [0.5, 0.6) is 0 Å². The van der Waals surface area contributed by atoms with E-state index < -0.39 is 5.97 Å². The lowest BCUT2D eigenvalue weighted by atomic mass is 10.0. The summed E-state index contributed by atoms with van der Waals surface area (Å²) in [5.74, 6) is -1.02. The van der Waals surface area contributed by atoms with Gasteiger partial charge in [0.15, 0.2) is 0 Å². The fraction of sp³-hybridized carbons (Fsp3) is 0.250. The lowest BCUT2D eigenvalue weighted by molar-refractivity contribution is -0.141. The molecule has 0 saturated heterocycles. The van der Waals surface area contributed by atoms with Crippen LogP contribution in [0.4, 0.5) is 0 Å². The first-order chi connectivity index (χ1) is 9.22.